The number of aliphatic hydroxyl groups is 2. The Bertz CT molecular complexity index is 3700. The van der Waals surface area contributed by atoms with Gasteiger partial charge in [0.15, 0.2) is 18.7 Å². The third kappa shape index (κ3) is 17.7. The average molecular weight is 1290 g/mol. The molecule has 0 aliphatic carbocycles. The zero-order valence-corrected chi connectivity index (χ0v) is 51.9. The summed E-state index contributed by atoms with van der Waals surface area (Å²) in [6.07, 6.45) is -21.1. The van der Waals surface area contributed by atoms with E-state index in [0.29, 0.717) is 5.56 Å². The third-order valence-electron chi connectivity index (χ3n) is 16.4. The topological polar surface area (TPSA) is 240 Å². The van der Waals surface area contributed by atoms with Gasteiger partial charge in [0.1, 0.15) is 74.8 Å². The van der Waals surface area contributed by atoms with E-state index in [1.165, 1.54) is 53.4 Å². The summed E-state index contributed by atoms with van der Waals surface area (Å²) < 4.78 is 79.6. The highest BCUT2D eigenvalue weighted by atomic mass is 16.8. The van der Waals surface area contributed by atoms with E-state index >= 15 is 4.79 Å². The average Bonchev–Trinajstić information content (AvgIpc) is 0.766. The van der Waals surface area contributed by atoms with Gasteiger partial charge in [-0.3, -0.25) is 4.90 Å². The van der Waals surface area contributed by atoms with Crippen molar-refractivity contribution in [2.75, 3.05) is 19.8 Å². The number of piperidine rings is 1. The van der Waals surface area contributed by atoms with Crippen molar-refractivity contribution in [1.82, 2.24) is 4.90 Å². The quantitative estimate of drug-likeness (QED) is 0.0399. The molecule has 3 fully saturated rings. The number of likely N-dealkylation sites (tertiary alicyclic amines) is 1. The molecule has 0 aromatic heterocycles. The SMILES string of the molecule is C[C@@H]1O[C@@H](O[C@H]2[C@H](O[C@@H]3O[C@H](COC(=O)c4ccccc4)[C@H](O)[C@H](O)[C@H]3OC(=O)c3ccccc3)[C@@H](COC(=O)c3ccccc3)N(C(=O)OCc3ccccc3)C[C@@H]2OC(=O)c2ccccc2)[C@@H](OCc2ccccc2)[C@H](OCc2ccccc2)[C@@H]1OCc1ccccc1. The van der Waals surface area contributed by atoms with Gasteiger partial charge in [0.05, 0.1) is 60.8 Å². The van der Waals surface area contributed by atoms with Crippen LogP contribution in [0.25, 0.3) is 0 Å². The summed E-state index contributed by atoms with van der Waals surface area (Å²) >= 11 is 0. The minimum atomic E-state index is -2.05. The van der Waals surface area contributed by atoms with Gasteiger partial charge in [0, 0.05) is 0 Å². The lowest BCUT2D eigenvalue weighted by Crippen LogP contribution is -2.70. The van der Waals surface area contributed by atoms with E-state index in [1.807, 2.05) is 91.0 Å². The highest BCUT2D eigenvalue weighted by molar-refractivity contribution is 5.91. The molecule has 1 amide bonds. The zero-order chi connectivity index (χ0) is 65.9. The number of hydrogen-bond donors (Lipinski definition) is 2. The first-order valence-electron chi connectivity index (χ1n) is 31.3. The number of nitrogens with zero attached hydrogens (tertiary/aromatic N) is 1. The van der Waals surface area contributed by atoms with Crippen LogP contribution >= 0.6 is 0 Å². The minimum absolute atomic E-state index is 0.0172. The van der Waals surface area contributed by atoms with Crippen molar-refractivity contribution in [3.63, 3.8) is 0 Å². The second kappa shape index (κ2) is 33.1. The molecule has 3 saturated heterocycles. The molecule has 11 rings (SSSR count). The van der Waals surface area contributed by atoms with E-state index in [9.17, 15) is 29.4 Å². The van der Waals surface area contributed by atoms with Crippen LogP contribution in [0.4, 0.5) is 4.79 Å². The van der Waals surface area contributed by atoms with E-state index in [0.717, 1.165) is 16.7 Å². The number of benzene rings is 8. The zero-order valence-electron chi connectivity index (χ0n) is 51.9. The molecule has 3 aliphatic rings. The molecule has 0 radical (unpaired) electrons. The van der Waals surface area contributed by atoms with Gasteiger partial charge in [0.25, 0.3) is 0 Å². The molecule has 0 spiro atoms. The second-order valence-corrected chi connectivity index (χ2v) is 23.0. The minimum Gasteiger partial charge on any atom is -0.460 e. The maximum atomic E-state index is 15.3. The van der Waals surface area contributed by atoms with Crippen molar-refractivity contribution in [3.05, 3.63) is 287 Å². The van der Waals surface area contributed by atoms with Crippen LogP contribution in [0.3, 0.4) is 0 Å². The van der Waals surface area contributed by atoms with Crippen molar-refractivity contribution in [2.24, 2.45) is 0 Å². The van der Waals surface area contributed by atoms with Gasteiger partial charge in [-0.1, -0.05) is 194 Å². The number of hydrogen-bond acceptors (Lipinski definition) is 19. The number of amides is 1. The molecule has 14 atom stereocenters. The van der Waals surface area contributed by atoms with E-state index in [2.05, 4.69) is 0 Å². The van der Waals surface area contributed by atoms with Gasteiger partial charge < -0.3 is 67.1 Å². The first-order valence-corrected chi connectivity index (χ1v) is 31.3. The van der Waals surface area contributed by atoms with Crippen molar-refractivity contribution in [2.45, 2.75) is 119 Å². The Morgan fingerprint density at radius 2 is 0.768 bits per heavy atom. The van der Waals surface area contributed by atoms with E-state index < -0.39 is 135 Å². The lowest BCUT2D eigenvalue weighted by atomic mass is 9.92. The highest BCUT2D eigenvalue weighted by Crippen LogP contribution is 2.38. The van der Waals surface area contributed by atoms with E-state index in [4.69, 9.17) is 56.8 Å². The molecular formula is C75H73NO19. The summed E-state index contributed by atoms with van der Waals surface area (Å²) in [5.74, 6) is -3.47. The number of ether oxygens (including phenoxy) is 12. The van der Waals surface area contributed by atoms with Crippen molar-refractivity contribution in [3.8, 4) is 0 Å². The standard InChI is InChI=1S/C75H73NO19/c1-49-63(84-43-50-26-10-2-11-27-50)67(85-44-51-28-12-3-13-29-51)68(86-45-52-30-14-4-15-31-52)74(90-49)95-65-59(91-71(81)56-38-22-8-23-39-56)42-76(75(83)89-46-53-32-16-5-17-33-53)58(47-87-69(79)54-34-18-6-19-35-54)64(65)94-73-66(93-72(82)57-40-24-9-25-41-57)62(78)61(77)60(92-73)48-88-70(80)55-36-20-7-21-37-55/h2-41,49,58-68,73-74,77-78H,42-48H2,1H3/t49-,58+,59-,60+,61-,62-,63+,64+,65+,66+,67+,68-,73-,74-/m0/s1. The van der Waals surface area contributed by atoms with Crippen LogP contribution in [0.15, 0.2) is 243 Å². The van der Waals surface area contributed by atoms with Crippen LogP contribution in [0.1, 0.15) is 70.6 Å². The Balaban J connectivity index is 1.05. The van der Waals surface area contributed by atoms with Crippen LogP contribution in [0, 0.1) is 0 Å². The smallest absolute Gasteiger partial charge is 0.410 e. The Kier molecular flexibility index (Phi) is 23.3. The van der Waals surface area contributed by atoms with Crippen molar-refractivity contribution >= 4 is 30.0 Å². The van der Waals surface area contributed by atoms with Crippen LogP contribution < -0.4 is 0 Å². The molecule has 20 heteroatoms. The van der Waals surface area contributed by atoms with Crippen LogP contribution in [-0.2, 0) is 83.3 Å². The molecule has 95 heavy (non-hydrogen) atoms. The summed E-state index contributed by atoms with van der Waals surface area (Å²) in [6.45, 7) is -0.189. The molecule has 2 N–H and O–H groups in total. The highest BCUT2D eigenvalue weighted by Gasteiger charge is 2.57. The monoisotopic (exact) mass is 1290 g/mol. The maximum absolute atomic E-state index is 15.3. The van der Waals surface area contributed by atoms with Gasteiger partial charge in [-0.15, -0.1) is 0 Å². The lowest BCUT2D eigenvalue weighted by molar-refractivity contribution is -0.361. The fourth-order valence-corrected chi connectivity index (χ4v) is 11.4. The predicted molar refractivity (Wildman–Crippen MR) is 342 cm³/mol. The largest absolute Gasteiger partial charge is 0.460 e. The summed E-state index contributed by atoms with van der Waals surface area (Å²) in [5.41, 5.74) is 3.51. The van der Waals surface area contributed by atoms with Crippen molar-refractivity contribution < 1.29 is 91.0 Å². The molecule has 492 valence electrons. The molecule has 3 aliphatic heterocycles. The van der Waals surface area contributed by atoms with Gasteiger partial charge in [-0.2, -0.15) is 0 Å². The number of rotatable bonds is 25. The van der Waals surface area contributed by atoms with Gasteiger partial charge in [0.2, 0.25) is 0 Å². The maximum Gasteiger partial charge on any atom is 0.410 e. The fourth-order valence-electron chi connectivity index (χ4n) is 11.4. The summed E-state index contributed by atoms with van der Waals surface area (Å²) in [6, 6.07) is 67.7. The Morgan fingerprint density at radius 3 is 1.24 bits per heavy atom. The Hall–Kier alpha value is -9.45. The van der Waals surface area contributed by atoms with Gasteiger partial charge in [-0.25, -0.2) is 24.0 Å². The number of carbonyl (C=O) groups is 5. The molecule has 8 aromatic carbocycles. The van der Waals surface area contributed by atoms with E-state index in [1.54, 1.807) is 110 Å². The normalized spacial score (nSPS) is 24.9. The molecule has 20 nitrogen and oxygen atoms in total. The van der Waals surface area contributed by atoms with Crippen LogP contribution in [0.2, 0.25) is 0 Å². The Labute approximate surface area is 549 Å². The summed E-state index contributed by atoms with van der Waals surface area (Å²) in [5, 5.41) is 24.3. The second-order valence-electron chi connectivity index (χ2n) is 23.0. The number of esters is 4. The van der Waals surface area contributed by atoms with Gasteiger partial charge >= 0.3 is 30.0 Å². The molecule has 0 unspecified atom stereocenters. The summed E-state index contributed by atoms with van der Waals surface area (Å²) in [7, 11) is 0. The van der Waals surface area contributed by atoms with Crippen LogP contribution in [0.5, 0.6) is 0 Å². The Morgan fingerprint density at radius 1 is 0.389 bits per heavy atom. The molecule has 0 saturated carbocycles. The first-order chi connectivity index (χ1) is 46.4. The molecule has 3 heterocycles. The number of carbonyl (C=O) groups excluding carboxylic acids is 5. The lowest BCUT2D eigenvalue weighted by Gasteiger charge is -2.51. The first kappa shape index (κ1) is 67.0. The molecule has 0 bridgehead atoms. The third-order valence-corrected chi connectivity index (χ3v) is 16.4. The van der Waals surface area contributed by atoms with Gasteiger partial charge in [-0.05, 0) is 77.7 Å². The molecule has 8 aromatic rings. The summed E-state index contributed by atoms with van der Waals surface area (Å²) in [4.78, 5) is 73.4. The number of aliphatic hydroxyl groups excluding tert-OH is 2. The predicted octanol–water partition coefficient (Wildman–Crippen LogP) is 9.89. The van der Waals surface area contributed by atoms with Crippen molar-refractivity contribution in [1.29, 1.82) is 0 Å². The fraction of sp³-hybridized carbons (Fsp3) is 0.293. The van der Waals surface area contributed by atoms with E-state index in [-0.39, 0.29) is 48.7 Å². The van der Waals surface area contributed by atoms with Crippen LogP contribution in [-0.4, -0.2) is 151 Å². The molecular weight excluding hydrogens is 1220 g/mol.